The number of alkyl halides is 1. The van der Waals surface area contributed by atoms with Crippen molar-refractivity contribution in [3.63, 3.8) is 0 Å². The van der Waals surface area contributed by atoms with Gasteiger partial charge in [-0.25, -0.2) is 0 Å². The third kappa shape index (κ3) is 1.92. The standard InChI is InChI=1S/C8H9ClO/c1-7-4-5-8(10-7)3-2-6-9/h2-5H,6H2,1H3. The summed E-state index contributed by atoms with van der Waals surface area (Å²) >= 11 is 5.43. The second-order valence-corrected chi connectivity index (χ2v) is 2.31. The van der Waals surface area contributed by atoms with E-state index >= 15 is 0 Å². The highest BCUT2D eigenvalue weighted by Crippen LogP contribution is 2.07. The average molecular weight is 157 g/mol. The smallest absolute Gasteiger partial charge is 0.126 e. The van der Waals surface area contributed by atoms with Gasteiger partial charge in [0.25, 0.3) is 0 Å². The van der Waals surface area contributed by atoms with Crippen LogP contribution in [0.2, 0.25) is 0 Å². The molecule has 0 atom stereocenters. The Balaban J connectivity index is 2.67. The molecule has 0 N–H and O–H groups in total. The fraction of sp³-hybridized carbons (Fsp3) is 0.250. The monoisotopic (exact) mass is 156 g/mol. The average Bonchev–Trinajstić information content (AvgIpc) is 2.31. The molecule has 1 aromatic rings. The van der Waals surface area contributed by atoms with Crippen LogP contribution in [0.25, 0.3) is 6.08 Å². The number of allylic oxidation sites excluding steroid dienone is 1. The molecule has 54 valence electrons. The number of hydrogen-bond donors (Lipinski definition) is 0. The zero-order chi connectivity index (χ0) is 7.40. The summed E-state index contributed by atoms with van der Waals surface area (Å²) in [5.41, 5.74) is 0. The quantitative estimate of drug-likeness (QED) is 0.601. The van der Waals surface area contributed by atoms with E-state index in [9.17, 15) is 0 Å². The summed E-state index contributed by atoms with van der Waals surface area (Å²) < 4.78 is 5.24. The van der Waals surface area contributed by atoms with Crippen LogP contribution in [-0.2, 0) is 0 Å². The molecule has 0 aliphatic carbocycles. The molecular formula is C8H9ClO. The highest BCUT2D eigenvalue weighted by atomic mass is 35.5. The fourth-order valence-electron chi connectivity index (χ4n) is 0.704. The highest BCUT2D eigenvalue weighted by molar-refractivity contribution is 6.19. The van der Waals surface area contributed by atoms with Crippen molar-refractivity contribution in [3.8, 4) is 0 Å². The second kappa shape index (κ2) is 3.47. The number of aryl methyl sites for hydroxylation is 1. The molecular weight excluding hydrogens is 148 g/mol. The van der Waals surface area contributed by atoms with Crippen molar-refractivity contribution in [3.05, 3.63) is 29.7 Å². The molecule has 0 amide bonds. The van der Waals surface area contributed by atoms with Gasteiger partial charge < -0.3 is 4.42 Å². The van der Waals surface area contributed by atoms with Crippen LogP contribution in [0.4, 0.5) is 0 Å². The lowest BCUT2D eigenvalue weighted by Gasteiger charge is -1.81. The lowest BCUT2D eigenvalue weighted by molar-refractivity contribution is 0.525. The molecule has 0 bridgehead atoms. The van der Waals surface area contributed by atoms with Crippen LogP contribution in [0, 0.1) is 6.92 Å². The Bertz CT molecular complexity index is 225. The second-order valence-electron chi connectivity index (χ2n) is 2.01. The normalized spacial score (nSPS) is 11.0. The van der Waals surface area contributed by atoms with Gasteiger partial charge in [-0.15, -0.1) is 11.6 Å². The maximum Gasteiger partial charge on any atom is 0.126 e. The van der Waals surface area contributed by atoms with E-state index < -0.39 is 0 Å². The molecule has 0 aromatic carbocycles. The number of furan rings is 1. The Hall–Kier alpha value is -0.690. The molecule has 1 rings (SSSR count). The maximum atomic E-state index is 5.43. The van der Waals surface area contributed by atoms with E-state index in [1.165, 1.54) is 0 Å². The lowest BCUT2D eigenvalue weighted by atomic mass is 10.4. The maximum absolute atomic E-state index is 5.43. The highest BCUT2D eigenvalue weighted by Gasteiger charge is 1.90. The third-order valence-corrected chi connectivity index (χ3v) is 1.31. The first-order valence-electron chi connectivity index (χ1n) is 3.12. The first-order valence-corrected chi connectivity index (χ1v) is 3.65. The molecule has 0 aliphatic heterocycles. The number of rotatable bonds is 2. The molecule has 0 fully saturated rings. The van der Waals surface area contributed by atoms with Gasteiger partial charge in [0.1, 0.15) is 11.5 Å². The van der Waals surface area contributed by atoms with Gasteiger partial charge in [0.15, 0.2) is 0 Å². The minimum atomic E-state index is 0.528. The van der Waals surface area contributed by atoms with Crippen molar-refractivity contribution in [2.24, 2.45) is 0 Å². The first kappa shape index (κ1) is 7.42. The van der Waals surface area contributed by atoms with E-state index in [1.807, 2.05) is 31.2 Å². The van der Waals surface area contributed by atoms with Gasteiger partial charge in [-0.3, -0.25) is 0 Å². The van der Waals surface area contributed by atoms with Crippen LogP contribution < -0.4 is 0 Å². The zero-order valence-corrected chi connectivity index (χ0v) is 6.56. The minimum Gasteiger partial charge on any atom is -0.462 e. The van der Waals surface area contributed by atoms with Crippen LogP contribution in [0.3, 0.4) is 0 Å². The molecule has 1 nitrogen and oxygen atoms in total. The molecule has 0 saturated heterocycles. The minimum absolute atomic E-state index is 0.528. The number of hydrogen-bond acceptors (Lipinski definition) is 1. The Morgan fingerprint density at radius 3 is 2.90 bits per heavy atom. The van der Waals surface area contributed by atoms with Crippen LogP contribution >= 0.6 is 11.6 Å². The topological polar surface area (TPSA) is 13.1 Å². The molecule has 10 heavy (non-hydrogen) atoms. The summed E-state index contributed by atoms with van der Waals surface area (Å²) in [5, 5.41) is 0. The van der Waals surface area contributed by atoms with Gasteiger partial charge in [0.2, 0.25) is 0 Å². The summed E-state index contributed by atoms with van der Waals surface area (Å²) in [4.78, 5) is 0. The van der Waals surface area contributed by atoms with Crippen molar-refractivity contribution in [1.82, 2.24) is 0 Å². The molecule has 0 unspecified atom stereocenters. The van der Waals surface area contributed by atoms with Crippen LogP contribution in [0.15, 0.2) is 22.6 Å². The van der Waals surface area contributed by atoms with E-state index in [4.69, 9.17) is 16.0 Å². The largest absolute Gasteiger partial charge is 0.462 e. The van der Waals surface area contributed by atoms with Crippen molar-refractivity contribution >= 4 is 17.7 Å². The predicted molar refractivity (Wildman–Crippen MR) is 43.2 cm³/mol. The Kier molecular flexibility index (Phi) is 2.57. The summed E-state index contributed by atoms with van der Waals surface area (Å²) in [6.07, 6.45) is 3.71. The van der Waals surface area contributed by atoms with Crippen LogP contribution in [0.1, 0.15) is 11.5 Å². The van der Waals surface area contributed by atoms with Gasteiger partial charge in [-0.05, 0) is 25.1 Å². The van der Waals surface area contributed by atoms with E-state index in [-0.39, 0.29) is 0 Å². The summed E-state index contributed by atoms with van der Waals surface area (Å²) in [6, 6.07) is 3.84. The Morgan fingerprint density at radius 1 is 1.60 bits per heavy atom. The predicted octanol–water partition coefficient (Wildman–Crippen LogP) is 2.84. The van der Waals surface area contributed by atoms with E-state index in [0.29, 0.717) is 5.88 Å². The zero-order valence-electron chi connectivity index (χ0n) is 5.80. The van der Waals surface area contributed by atoms with Crippen molar-refractivity contribution in [1.29, 1.82) is 0 Å². The van der Waals surface area contributed by atoms with Crippen molar-refractivity contribution in [2.45, 2.75) is 6.92 Å². The lowest BCUT2D eigenvalue weighted by Crippen LogP contribution is -1.62. The fourth-order valence-corrected chi connectivity index (χ4v) is 0.793. The molecule has 0 aliphatic rings. The Labute approximate surface area is 65.3 Å². The van der Waals surface area contributed by atoms with Gasteiger partial charge in [-0.1, -0.05) is 6.08 Å². The molecule has 2 heteroatoms. The van der Waals surface area contributed by atoms with E-state index in [0.717, 1.165) is 11.5 Å². The van der Waals surface area contributed by atoms with Crippen molar-refractivity contribution in [2.75, 3.05) is 5.88 Å². The molecule has 1 aromatic heterocycles. The van der Waals surface area contributed by atoms with Gasteiger partial charge in [-0.2, -0.15) is 0 Å². The third-order valence-electron chi connectivity index (χ3n) is 1.13. The van der Waals surface area contributed by atoms with Gasteiger partial charge in [0.05, 0.1) is 0 Å². The SMILES string of the molecule is Cc1ccc(C=CCCl)o1. The molecule has 0 saturated carbocycles. The van der Waals surface area contributed by atoms with E-state index in [1.54, 1.807) is 0 Å². The first-order chi connectivity index (χ1) is 4.83. The summed E-state index contributed by atoms with van der Waals surface area (Å²) in [5.74, 6) is 2.31. The summed E-state index contributed by atoms with van der Waals surface area (Å²) in [7, 11) is 0. The molecule has 0 radical (unpaired) electrons. The van der Waals surface area contributed by atoms with Crippen LogP contribution in [0.5, 0.6) is 0 Å². The molecule has 0 spiro atoms. The summed E-state index contributed by atoms with van der Waals surface area (Å²) in [6.45, 7) is 1.91. The van der Waals surface area contributed by atoms with Crippen molar-refractivity contribution < 1.29 is 4.42 Å². The number of halogens is 1. The van der Waals surface area contributed by atoms with Gasteiger partial charge in [0, 0.05) is 5.88 Å². The van der Waals surface area contributed by atoms with E-state index in [2.05, 4.69) is 0 Å². The van der Waals surface area contributed by atoms with Gasteiger partial charge >= 0.3 is 0 Å². The Morgan fingerprint density at radius 2 is 2.40 bits per heavy atom. The van der Waals surface area contributed by atoms with Crippen LogP contribution in [-0.4, -0.2) is 5.88 Å². The molecule has 1 heterocycles.